The zero-order valence-electron chi connectivity index (χ0n) is 15.1. The molecule has 0 saturated heterocycles. The van der Waals surface area contributed by atoms with E-state index in [0.29, 0.717) is 31.6 Å². The lowest BCUT2D eigenvalue weighted by atomic mass is 10.0. The summed E-state index contributed by atoms with van der Waals surface area (Å²) in [6.45, 7) is 3.64. The molecule has 0 saturated carbocycles. The van der Waals surface area contributed by atoms with Crippen LogP contribution in [-0.4, -0.2) is 25.5 Å². The lowest BCUT2D eigenvalue weighted by Crippen LogP contribution is -2.12. The average Bonchev–Trinajstić information content (AvgIpc) is 2.64. The second-order valence-corrected chi connectivity index (χ2v) is 6.42. The van der Waals surface area contributed by atoms with E-state index in [4.69, 9.17) is 42.1 Å². The third kappa shape index (κ3) is 3.93. The van der Waals surface area contributed by atoms with Crippen LogP contribution >= 0.6 is 23.2 Å². The summed E-state index contributed by atoms with van der Waals surface area (Å²) in [5.41, 5.74) is 0. The third-order valence-electron chi connectivity index (χ3n) is 3.85. The van der Waals surface area contributed by atoms with E-state index in [2.05, 4.69) is 0 Å². The molecule has 6 nitrogen and oxygen atoms in total. The van der Waals surface area contributed by atoms with Crippen LogP contribution < -0.4 is 9.47 Å². The lowest BCUT2D eigenvalue weighted by molar-refractivity contribution is 0.103. The Kier molecular flexibility index (Phi) is 6.11. The van der Waals surface area contributed by atoms with Crippen LogP contribution in [0, 0.1) is 0 Å². The van der Waals surface area contributed by atoms with Crippen LogP contribution in [0.1, 0.15) is 13.8 Å². The lowest BCUT2D eigenvalue weighted by Gasteiger charge is -2.17. The van der Waals surface area contributed by atoms with Crippen molar-refractivity contribution in [1.82, 2.24) is 0 Å². The van der Waals surface area contributed by atoms with Gasteiger partial charge in [0.25, 0.3) is 0 Å². The molecule has 0 aromatic heterocycles. The zero-order valence-corrected chi connectivity index (χ0v) is 16.6. The first-order valence-corrected chi connectivity index (χ1v) is 9.24. The second-order valence-electron chi connectivity index (χ2n) is 5.58. The van der Waals surface area contributed by atoms with Crippen molar-refractivity contribution in [1.29, 1.82) is 0 Å². The van der Waals surface area contributed by atoms with Crippen LogP contribution in [0.2, 0.25) is 10.0 Å². The predicted octanol–water partition coefficient (Wildman–Crippen LogP) is 6.37. The number of rotatable bonds is 4. The summed E-state index contributed by atoms with van der Waals surface area (Å²) >= 11 is 12.5. The second kappa shape index (κ2) is 8.54. The molecule has 0 aliphatic heterocycles. The maximum absolute atomic E-state index is 12.0. The molecule has 0 bridgehead atoms. The highest BCUT2D eigenvalue weighted by Crippen LogP contribution is 2.46. The number of halogens is 2. The van der Waals surface area contributed by atoms with E-state index in [0.717, 1.165) is 0 Å². The Morgan fingerprint density at radius 2 is 1.46 bits per heavy atom. The van der Waals surface area contributed by atoms with E-state index in [9.17, 15) is 9.59 Å². The Morgan fingerprint density at radius 3 is 2.11 bits per heavy atom. The average molecular weight is 423 g/mol. The van der Waals surface area contributed by atoms with Gasteiger partial charge in [-0.1, -0.05) is 35.3 Å². The molecule has 3 aromatic rings. The van der Waals surface area contributed by atoms with Crippen LogP contribution in [0.4, 0.5) is 9.59 Å². The zero-order chi connectivity index (χ0) is 20.3. The van der Waals surface area contributed by atoms with Crippen LogP contribution in [0.15, 0.2) is 36.4 Å². The van der Waals surface area contributed by atoms with E-state index in [1.165, 1.54) is 0 Å². The van der Waals surface area contributed by atoms with Gasteiger partial charge in [0.15, 0.2) is 11.5 Å². The minimum Gasteiger partial charge on any atom is -0.434 e. The number of fused-ring (bicyclic) bond motifs is 2. The Bertz CT molecular complexity index is 1060. The van der Waals surface area contributed by atoms with Gasteiger partial charge in [0.05, 0.1) is 18.2 Å². The number of carbonyl (C=O) groups excluding carboxylic acids is 2. The molecule has 146 valence electrons. The van der Waals surface area contributed by atoms with Crippen molar-refractivity contribution in [2.45, 2.75) is 13.8 Å². The quantitative estimate of drug-likeness (QED) is 0.276. The number of benzene rings is 3. The Morgan fingerprint density at radius 1 is 0.821 bits per heavy atom. The van der Waals surface area contributed by atoms with Gasteiger partial charge < -0.3 is 18.9 Å². The van der Waals surface area contributed by atoms with Crippen LogP contribution in [0.25, 0.3) is 21.5 Å². The van der Waals surface area contributed by atoms with Crippen LogP contribution in [-0.2, 0) is 9.47 Å². The maximum atomic E-state index is 12.0. The summed E-state index contributed by atoms with van der Waals surface area (Å²) in [4.78, 5) is 24.0. The van der Waals surface area contributed by atoms with Gasteiger partial charge in [0.1, 0.15) is 0 Å². The molecule has 0 radical (unpaired) electrons. The molecule has 0 atom stereocenters. The van der Waals surface area contributed by atoms with Gasteiger partial charge in [0.2, 0.25) is 0 Å². The first-order valence-electron chi connectivity index (χ1n) is 8.48. The third-order valence-corrected chi connectivity index (χ3v) is 4.40. The molecule has 0 aliphatic carbocycles. The van der Waals surface area contributed by atoms with Gasteiger partial charge in [-0.3, -0.25) is 0 Å². The fraction of sp³-hybridized carbons (Fsp3) is 0.200. The number of hydrogen-bond donors (Lipinski definition) is 0. The van der Waals surface area contributed by atoms with Crippen LogP contribution in [0.3, 0.4) is 0 Å². The fourth-order valence-electron chi connectivity index (χ4n) is 2.80. The molecule has 0 N–H and O–H groups in total. The van der Waals surface area contributed by atoms with Crippen molar-refractivity contribution < 1.29 is 28.5 Å². The first kappa shape index (κ1) is 20.0. The minimum atomic E-state index is -0.885. The topological polar surface area (TPSA) is 71.1 Å². The van der Waals surface area contributed by atoms with E-state index >= 15 is 0 Å². The largest absolute Gasteiger partial charge is 0.513 e. The van der Waals surface area contributed by atoms with Crippen molar-refractivity contribution in [3.05, 3.63) is 46.4 Å². The Labute approximate surface area is 170 Å². The minimum absolute atomic E-state index is 0.146. The highest BCUT2D eigenvalue weighted by Gasteiger charge is 2.23. The molecule has 28 heavy (non-hydrogen) atoms. The molecule has 0 spiro atoms. The number of hydrogen-bond acceptors (Lipinski definition) is 6. The summed E-state index contributed by atoms with van der Waals surface area (Å²) in [5.74, 6) is 0.381. The van der Waals surface area contributed by atoms with E-state index in [-0.39, 0.29) is 24.7 Å². The monoisotopic (exact) mass is 422 g/mol. The Balaban J connectivity index is 2.35. The molecular formula is C20H16Cl2O6. The van der Waals surface area contributed by atoms with Gasteiger partial charge in [-0.05, 0) is 38.1 Å². The van der Waals surface area contributed by atoms with Gasteiger partial charge in [0, 0.05) is 26.6 Å². The molecule has 0 unspecified atom stereocenters. The molecule has 3 aromatic carbocycles. The fourth-order valence-corrected chi connectivity index (χ4v) is 3.24. The van der Waals surface area contributed by atoms with Gasteiger partial charge in [-0.2, -0.15) is 0 Å². The summed E-state index contributed by atoms with van der Waals surface area (Å²) < 4.78 is 20.7. The highest BCUT2D eigenvalue weighted by molar-refractivity contribution is 6.38. The van der Waals surface area contributed by atoms with E-state index in [1.54, 1.807) is 50.2 Å². The number of ether oxygens (including phenoxy) is 4. The molecule has 0 aliphatic rings. The van der Waals surface area contributed by atoms with E-state index < -0.39 is 12.3 Å². The summed E-state index contributed by atoms with van der Waals surface area (Å²) in [6, 6.07) is 9.90. The molecule has 0 fully saturated rings. The van der Waals surface area contributed by atoms with Crippen molar-refractivity contribution in [3.8, 4) is 11.5 Å². The molecule has 0 amide bonds. The van der Waals surface area contributed by atoms with E-state index in [1.807, 2.05) is 0 Å². The van der Waals surface area contributed by atoms with Crippen molar-refractivity contribution >= 4 is 57.1 Å². The highest BCUT2D eigenvalue weighted by atomic mass is 35.5. The molecule has 8 heteroatoms. The Hall–Kier alpha value is -2.70. The molecular weight excluding hydrogens is 407 g/mol. The van der Waals surface area contributed by atoms with Gasteiger partial charge in [-0.25, -0.2) is 9.59 Å². The molecule has 0 heterocycles. The summed E-state index contributed by atoms with van der Waals surface area (Å²) in [5, 5.41) is 2.47. The van der Waals surface area contributed by atoms with Crippen molar-refractivity contribution in [2.24, 2.45) is 0 Å². The van der Waals surface area contributed by atoms with Gasteiger partial charge >= 0.3 is 12.3 Å². The predicted molar refractivity (Wildman–Crippen MR) is 107 cm³/mol. The maximum Gasteiger partial charge on any atom is 0.513 e. The standard InChI is InChI=1S/C20H16Cl2O6/c1-3-25-19(23)27-17-12-9-8-11(21)10-14(12)18(28-20(24)26-4-2)16-13(17)6-5-7-15(16)22/h5-10H,3-4H2,1-2H3. The first-order chi connectivity index (χ1) is 13.5. The smallest absolute Gasteiger partial charge is 0.434 e. The van der Waals surface area contributed by atoms with Crippen molar-refractivity contribution in [3.63, 3.8) is 0 Å². The van der Waals surface area contributed by atoms with Gasteiger partial charge in [-0.15, -0.1) is 0 Å². The van der Waals surface area contributed by atoms with Crippen molar-refractivity contribution in [2.75, 3.05) is 13.2 Å². The summed E-state index contributed by atoms with van der Waals surface area (Å²) in [7, 11) is 0. The number of carbonyl (C=O) groups is 2. The molecule has 3 rings (SSSR count). The summed E-state index contributed by atoms with van der Waals surface area (Å²) in [6.07, 6.45) is -1.75. The van der Waals surface area contributed by atoms with Crippen LogP contribution in [0.5, 0.6) is 11.5 Å². The SMILES string of the molecule is CCOC(=O)Oc1c2ccc(Cl)cc2c(OC(=O)OCC)c2c(Cl)cccc12. The normalized spacial score (nSPS) is 10.7.